The summed E-state index contributed by atoms with van der Waals surface area (Å²) in [4.78, 5) is 24.3. The van der Waals surface area contributed by atoms with E-state index in [0.29, 0.717) is 17.8 Å². The number of aromatic nitrogens is 3. The minimum Gasteiger partial charge on any atom is -0.352 e. The van der Waals surface area contributed by atoms with E-state index in [2.05, 4.69) is 20.8 Å². The summed E-state index contributed by atoms with van der Waals surface area (Å²) in [7, 11) is 1.89. The summed E-state index contributed by atoms with van der Waals surface area (Å²) in [6.45, 7) is 1.92. The molecule has 0 saturated heterocycles. The fourth-order valence-electron chi connectivity index (χ4n) is 2.28. The van der Waals surface area contributed by atoms with Crippen LogP contribution in [0.25, 0.3) is 0 Å². The van der Waals surface area contributed by atoms with Crippen molar-refractivity contribution in [1.82, 2.24) is 20.1 Å². The predicted molar refractivity (Wildman–Crippen MR) is 103 cm³/mol. The van der Waals surface area contributed by atoms with Crippen molar-refractivity contribution < 1.29 is 9.59 Å². The first-order valence-corrected chi connectivity index (χ1v) is 9.09. The molecule has 2 aromatic carbocycles. The second-order valence-corrected chi connectivity index (χ2v) is 6.95. The van der Waals surface area contributed by atoms with Crippen molar-refractivity contribution in [3.8, 4) is 0 Å². The van der Waals surface area contributed by atoms with Gasteiger partial charge in [-0.1, -0.05) is 12.1 Å². The van der Waals surface area contributed by atoms with E-state index < -0.39 is 0 Å². The molecule has 1 aromatic heterocycles. The van der Waals surface area contributed by atoms with E-state index in [1.165, 1.54) is 18.7 Å². The highest BCUT2D eigenvalue weighted by atomic mass is 32.2. The Balaban J connectivity index is 1.59. The lowest BCUT2D eigenvalue weighted by Crippen LogP contribution is -2.19. The third-order valence-electron chi connectivity index (χ3n) is 3.75. The van der Waals surface area contributed by atoms with Gasteiger partial charge in [-0.3, -0.25) is 9.59 Å². The number of hydrogen-bond donors (Lipinski definition) is 2. The number of nitrogens with zero attached hydrogens (tertiary/aromatic N) is 3. The molecule has 0 saturated carbocycles. The summed E-state index contributed by atoms with van der Waals surface area (Å²) in [5.41, 5.74) is 2.20. The maximum Gasteiger partial charge on any atom is 0.255 e. The van der Waals surface area contributed by atoms with Crippen LogP contribution in [0.15, 0.2) is 64.9 Å². The SMILES string of the molecule is CC(=O)NCc1ccc(C(=O)Nc2ccc(Sc3nncn3C)cc2)cc1. The standard InChI is InChI=1S/C19H19N5O2S/c1-13(25)20-11-14-3-5-15(6-4-14)18(26)22-16-7-9-17(10-8-16)27-19-23-21-12-24(19)2/h3-10,12H,11H2,1-2H3,(H,20,25)(H,22,26). The summed E-state index contributed by atoms with van der Waals surface area (Å²) in [5.74, 6) is -0.271. The van der Waals surface area contributed by atoms with Gasteiger partial charge in [-0.2, -0.15) is 0 Å². The molecule has 0 bridgehead atoms. The van der Waals surface area contributed by atoms with Gasteiger partial charge in [-0.05, 0) is 53.7 Å². The normalized spacial score (nSPS) is 10.4. The van der Waals surface area contributed by atoms with Crippen LogP contribution in [0.2, 0.25) is 0 Å². The van der Waals surface area contributed by atoms with E-state index in [9.17, 15) is 9.59 Å². The van der Waals surface area contributed by atoms with E-state index in [0.717, 1.165) is 15.6 Å². The number of benzene rings is 2. The Morgan fingerprint density at radius 1 is 1.07 bits per heavy atom. The van der Waals surface area contributed by atoms with Crippen LogP contribution in [-0.4, -0.2) is 26.6 Å². The zero-order valence-corrected chi connectivity index (χ0v) is 15.8. The average Bonchev–Trinajstić information content (AvgIpc) is 3.06. The van der Waals surface area contributed by atoms with Crippen molar-refractivity contribution in [2.75, 3.05) is 5.32 Å². The molecular formula is C19H19N5O2S. The maximum absolute atomic E-state index is 12.4. The van der Waals surface area contributed by atoms with E-state index in [1.807, 2.05) is 48.0 Å². The zero-order valence-electron chi connectivity index (χ0n) is 15.0. The van der Waals surface area contributed by atoms with Crippen molar-refractivity contribution in [2.24, 2.45) is 7.05 Å². The molecule has 2 amide bonds. The number of amides is 2. The largest absolute Gasteiger partial charge is 0.352 e. The van der Waals surface area contributed by atoms with Gasteiger partial charge in [-0.25, -0.2) is 0 Å². The molecule has 0 aliphatic rings. The molecule has 138 valence electrons. The minimum atomic E-state index is -0.185. The number of anilines is 1. The van der Waals surface area contributed by atoms with E-state index >= 15 is 0 Å². The van der Waals surface area contributed by atoms with Crippen LogP contribution in [-0.2, 0) is 18.4 Å². The van der Waals surface area contributed by atoms with Gasteiger partial charge < -0.3 is 15.2 Å². The Kier molecular flexibility index (Phi) is 5.87. The van der Waals surface area contributed by atoms with Gasteiger partial charge in [0.05, 0.1) is 0 Å². The summed E-state index contributed by atoms with van der Waals surface area (Å²) in [5, 5.41) is 14.3. The lowest BCUT2D eigenvalue weighted by atomic mass is 10.1. The van der Waals surface area contributed by atoms with Gasteiger partial charge in [0.2, 0.25) is 5.91 Å². The van der Waals surface area contributed by atoms with Crippen molar-refractivity contribution in [2.45, 2.75) is 23.5 Å². The Morgan fingerprint density at radius 3 is 2.37 bits per heavy atom. The lowest BCUT2D eigenvalue weighted by Gasteiger charge is -2.08. The van der Waals surface area contributed by atoms with Gasteiger partial charge in [0, 0.05) is 36.7 Å². The number of rotatable bonds is 6. The monoisotopic (exact) mass is 381 g/mol. The fraction of sp³-hybridized carbons (Fsp3) is 0.158. The zero-order chi connectivity index (χ0) is 19.2. The third kappa shape index (κ3) is 5.18. The average molecular weight is 381 g/mol. The summed E-state index contributed by atoms with van der Waals surface area (Å²) in [6.07, 6.45) is 1.65. The molecule has 27 heavy (non-hydrogen) atoms. The summed E-state index contributed by atoms with van der Waals surface area (Å²) < 4.78 is 1.84. The molecule has 3 aromatic rings. The fourth-order valence-corrected chi connectivity index (χ4v) is 3.04. The van der Waals surface area contributed by atoms with Crippen molar-refractivity contribution in [1.29, 1.82) is 0 Å². The molecule has 1 heterocycles. The number of aryl methyl sites for hydroxylation is 1. The van der Waals surface area contributed by atoms with Gasteiger partial charge in [0.25, 0.3) is 5.91 Å². The highest BCUT2D eigenvalue weighted by Crippen LogP contribution is 2.26. The van der Waals surface area contributed by atoms with Gasteiger partial charge in [-0.15, -0.1) is 10.2 Å². The second-order valence-electron chi connectivity index (χ2n) is 5.91. The van der Waals surface area contributed by atoms with Gasteiger partial charge in [0.15, 0.2) is 5.16 Å². The van der Waals surface area contributed by atoms with Crippen LogP contribution >= 0.6 is 11.8 Å². The molecule has 0 aliphatic carbocycles. The van der Waals surface area contributed by atoms with Crippen LogP contribution in [0.1, 0.15) is 22.8 Å². The predicted octanol–water partition coefficient (Wildman–Crippen LogP) is 2.85. The molecule has 3 rings (SSSR count). The number of carbonyl (C=O) groups excluding carboxylic acids is 2. The lowest BCUT2D eigenvalue weighted by molar-refractivity contribution is -0.119. The molecule has 0 spiro atoms. The first-order valence-electron chi connectivity index (χ1n) is 8.28. The third-order valence-corrected chi connectivity index (χ3v) is 4.81. The topological polar surface area (TPSA) is 88.9 Å². The van der Waals surface area contributed by atoms with E-state index in [1.54, 1.807) is 18.5 Å². The molecule has 8 heteroatoms. The Labute approximate surface area is 161 Å². The van der Waals surface area contributed by atoms with Crippen LogP contribution in [0.5, 0.6) is 0 Å². The highest BCUT2D eigenvalue weighted by Gasteiger charge is 2.08. The molecule has 0 fully saturated rings. The maximum atomic E-state index is 12.4. The Morgan fingerprint density at radius 2 is 1.78 bits per heavy atom. The van der Waals surface area contributed by atoms with Crippen molar-refractivity contribution >= 4 is 29.3 Å². The smallest absolute Gasteiger partial charge is 0.255 e. The molecule has 0 aliphatic heterocycles. The Bertz CT molecular complexity index is 935. The molecule has 0 unspecified atom stereocenters. The molecule has 7 nitrogen and oxygen atoms in total. The first-order chi connectivity index (χ1) is 13.0. The first kappa shape index (κ1) is 18.7. The van der Waals surface area contributed by atoms with Crippen LogP contribution < -0.4 is 10.6 Å². The van der Waals surface area contributed by atoms with Crippen LogP contribution in [0, 0.1) is 0 Å². The number of nitrogens with one attached hydrogen (secondary N) is 2. The van der Waals surface area contributed by atoms with Gasteiger partial charge in [0.1, 0.15) is 6.33 Å². The number of carbonyl (C=O) groups is 2. The van der Waals surface area contributed by atoms with Gasteiger partial charge >= 0.3 is 0 Å². The minimum absolute atomic E-state index is 0.0856. The second kappa shape index (κ2) is 8.50. The molecule has 2 N–H and O–H groups in total. The van der Waals surface area contributed by atoms with Crippen LogP contribution in [0.4, 0.5) is 5.69 Å². The summed E-state index contributed by atoms with van der Waals surface area (Å²) >= 11 is 1.50. The summed E-state index contributed by atoms with van der Waals surface area (Å²) in [6, 6.07) is 14.7. The van der Waals surface area contributed by atoms with E-state index in [4.69, 9.17) is 0 Å². The molecule has 0 radical (unpaired) electrons. The molecular weight excluding hydrogens is 362 g/mol. The number of hydrogen-bond acceptors (Lipinski definition) is 5. The molecule has 0 atom stereocenters. The quantitative estimate of drug-likeness (QED) is 0.685. The van der Waals surface area contributed by atoms with E-state index in [-0.39, 0.29) is 11.8 Å². The highest BCUT2D eigenvalue weighted by molar-refractivity contribution is 7.99. The van der Waals surface area contributed by atoms with Crippen molar-refractivity contribution in [3.63, 3.8) is 0 Å². The van der Waals surface area contributed by atoms with Crippen LogP contribution in [0.3, 0.4) is 0 Å². The Hall–Kier alpha value is -3.13. The van der Waals surface area contributed by atoms with Crippen molar-refractivity contribution in [3.05, 3.63) is 66.0 Å².